The molecule has 0 aromatic rings. The fraction of sp³-hybridized carbons (Fsp3) is 0.625. The van der Waals surface area contributed by atoms with E-state index in [1.165, 1.54) is 0 Å². The minimum Gasteiger partial charge on any atom is -0.379 e. The van der Waals surface area contributed by atoms with Crippen LogP contribution in [0.1, 0.15) is 0 Å². The highest BCUT2D eigenvalue weighted by Crippen LogP contribution is 1.97. The van der Waals surface area contributed by atoms with Crippen molar-refractivity contribution < 1.29 is 9.53 Å². The van der Waals surface area contributed by atoms with Crippen LogP contribution in [-0.2, 0) is 9.53 Å². The summed E-state index contributed by atoms with van der Waals surface area (Å²) in [5, 5.41) is 2.34. The lowest BCUT2D eigenvalue weighted by molar-refractivity contribution is 0.0420. The number of ether oxygens (including phenoxy) is 1. The summed E-state index contributed by atoms with van der Waals surface area (Å²) < 4.78 is 5.18. The number of morpholine rings is 1. The zero-order valence-electron chi connectivity index (χ0n) is 6.95. The molecule has 0 unspecified atom stereocenters. The molecule has 12 heavy (non-hydrogen) atoms. The fourth-order valence-corrected chi connectivity index (χ4v) is 1.08. The van der Waals surface area contributed by atoms with Gasteiger partial charge in [-0.05, 0) is 6.42 Å². The van der Waals surface area contributed by atoms with Gasteiger partial charge in [0.2, 0.25) is 0 Å². The number of nitrogens with zero attached hydrogens (tertiary/aromatic N) is 1. The van der Waals surface area contributed by atoms with Gasteiger partial charge in [-0.3, -0.25) is 9.69 Å². The Hall–Kier alpha value is -0.610. The quantitative estimate of drug-likeness (QED) is 0.439. The van der Waals surface area contributed by atoms with E-state index in [2.05, 4.69) is 10.2 Å². The highest BCUT2D eigenvalue weighted by Gasteiger charge is 2.08. The van der Waals surface area contributed by atoms with Crippen LogP contribution in [0, 0.1) is 13.0 Å². The van der Waals surface area contributed by atoms with E-state index >= 15 is 0 Å². The average Bonchev–Trinajstić information content (AvgIpc) is 2.14. The lowest BCUT2D eigenvalue weighted by atomic mass is 10.3. The number of rotatable bonds is 5. The first-order valence-electron chi connectivity index (χ1n) is 4.01. The van der Waals surface area contributed by atoms with Crippen molar-refractivity contribution in [2.24, 2.45) is 0 Å². The van der Waals surface area contributed by atoms with Crippen molar-refractivity contribution in [3.63, 3.8) is 0 Å². The number of amides is 1. The van der Waals surface area contributed by atoms with E-state index in [1.807, 2.05) is 6.42 Å². The van der Waals surface area contributed by atoms with Crippen molar-refractivity contribution in [2.45, 2.75) is 0 Å². The maximum absolute atomic E-state index is 9.73. The van der Waals surface area contributed by atoms with Crippen molar-refractivity contribution >= 4 is 6.41 Å². The van der Waals surface area contributed by atoms with Gasteiger partial charge in [0.1, 0.15) is 0 Å². The monoisotopic (exact) mass is 169 g/mol. The Morgan fingerprint density at radius 1 is 1.50 bits per heavy atom. The van der Waals surface area contributed by atoms with Crippen LogP contribution in [0.15, 0.2) is 0 Å². The van der Waals surface area contributed by atoms with Gasteiger partial charge in [-0.25, -0.2) is 0 Å². The van der Waals surface area contributed by atoms with Crippen LogP contribution in [0.2, 0.25) is 0 Å². The molecule has 0 aromatic heterocycles. The zero-order chi connectivity index (χ0) is 8.65. The fourth-order valence-electron chi connectivity index (χ4n) is 1.08. The topological polar surface area (TPSA) is 41.6 Å². The summed E-state index contributed by atoms with van der Waals surface area (Å²) in [6.45, 7) is 6.01. The molecule has 1 heterocycles. The predicted octanol–water partition coefficient (Wildman–Crippen LogP) is -0.659. The molecule has 67 valence electrons. The maximum Gasteiger partial charge on any atom is 0.309 e. The van der Waals surface area contributed by atoms with Crippen LogP contribution in [0.3, 0.4) is 0 Å². The SMILES string of the molecule is O=[C]N[CH][CH]CN1CCOCC1. The van der Waals surface area contributed by atoms with Gasteiger partial charge in [-0.15, -0.1) is 0 Å². The third kappa shape index (κ3) is 3.69. The van der Waals surface area contributed by atoms with Crippen LogP contribution in [-0.4, -0.2) is 44.2 Å². The van der Waals surface area contributed by atoms with Gasteiger partial charge in [-0.2, -0.15) is 0 Å². The molecule has 0 aliphatic carbocycles. The Morgan fingerprint density at radius 3 is 2.92 bits per heavy atom. The first-order valence-corrected chi connectivity index (χ1v) is 4.01. The molecule has 3 radical (unpaired) electrons. The summed E-state index contributed by atoms with van der Waals surface area (Å²) in [6, 6.07) is 0. The van der Waals surface area contributed by atoms with Crippen molar-refractivity contribution in [3.05, 3.63) is 13.0 Å². The van der Waals surface area contributed by atoms with E-state index in [4.69, 9.17) is 4.74 Å². The number of hydrogen-bond donors (Lipinski definition) is 1. The first kappa shape index (κ1) is 9.48. The molecular weight excluding hydrogens is 156 g/mol. The third-order valence-electron chi connectivity index (χ3n) is 1.73. The maximum atomic E-state index is 9.73. The molecule has 1 fully saturated rings. The third-order valence-corrected chi connectivity index (χ3v) is 1.73. The van der Waals surface area contributed by atoms with E-state index in [1.54, 1.807) is 13.0 Å². The average molecular weight is 169 g/mol. The van der Waals surface area contributed by atoms with Crippen LogP contribution in [0.25, 0.3) is 0 Å². The van der Waals surface area contributed by atoms with E-state index in [-0.39, 0.29) is 0 Å². The Kier molecular flexibility index (Phi) is 4.71. The standard InChI is InChI=1S/C8H13N2O2/c11-8-9-2-1-3-10-4-6-12-7-5-10/h1-2H,3-7H2,(H,9,11). The predicted molar refractivity (Wildman–Crippen MR) is 44.7 cm³/mol. The van der Waals surface area contributed by atoms with Crippen molar-refractivity contribution in [1.82, 2.24) is 10.2 Å². The second-order valence-electron chi connectivity index (χ2n) is 2.56. The Labute approximate surface area is 72.9 Å². The Bertz CT molecular complexity index is 124. The summed E-state index contributed by atoms with van der Waals surface area (Å²) >= 11 is 0. The minimum atomic E-state index is 0.807. The highest BCUT2D eigenvalue weighted by molar-refractivity contribution is 5.48. The van der Waals surface area contributed by atoms with Gasteiger partial charge >= 0.3 is 6.41 Å². The molecule has 1 aliphatic heterocycles. The highest BCUT2D eigenvalue weighted by atomic mass is 16.5. The second-order valence-corrected chi connectivity index (χ2v) is 2.56. The molecule has 1 saturated heterocycles. The van der Waals surface area contributed by atoms with Gasteiger partial charge < -0.3 is 10.1 Å². The number of hydrogen-bond acceptors (Lipinski definition) is 3. The van der Waals surface area contributed by atoms with E-state index in [9.17, 15) is 4.79 Å². The molecule has 0 spiro atoms. The number of nitrogens with one attached hydrogen (secondary N) is 1. The van der Waals surface area contributed by atoms with Gasteiger partial charge in [0.05, 0.1) is 19.8 Å². The molecule has 0 bridgehead atoms. The molecule has 1 rings (SSSR count). The lowest BCUT2D eigenvalue weighted by Gasteiger charge is -2.26. The molecule has 0 atom stereocenters. The van der Waals surface area contributed by atoms with Crippen molar-refractivity contribution in [1.29, 1.82) is 0 Å². The number of carbonyl (C=O) groups excluding carboxylic acids is 1. The summed E-state index contributed by atoms with van der Waals surface area (Å²) in [4.78, 5) is 12.0. The summed E-state index contributed by atoms with van der Waals surface area (Å²) in [6.07, 6.45) is 3.47. The van der Waals surface area contributed by atoms with Gasteiger partial charge in [-0.1, -0.05) is 0 Å². The van der Waals surface area contributed by atoms with E-state index < -0.39 is 0 Å². The van der Waals surface area contributed by atoms with Crippen LogP contribution in [0.5, 0.6) is 0 Å². The zero-order valence-corrected chi connectivity index (χ0v) is 6.95. The molecule has 0 saturated carbocycles. The van der Waals surface area contributed by atoms with Crippen molar-refractivity contribution in [2.75, 3.05) is 32.8 Å². The molecule has 0 aromatic carbocycles. The second kappa shape index (κ2) is 5.97. The Morgan fingerprint density at radius 2 is 2.25 bits per heavy atom. The molecule has 4 nitrogen and oxygen atoms in total. The van der Waals surface area contributed by atoms with Crippen molar-refractivity contribution in [3.8, 4) is 0 Å². The molecular formula is C8H13N2O2. The minimum absolute atomic E-state index is 0.807. The first-order chi connectivity index (χ1) is 5.93. The Balaban J connectivity index is 1.94. The molecule has 4 heteroatoms. The molecule has 1 amide bonds. The lowest BCUT2D eigenvalue weighted by Crippen LogP contribution is -2.37. The van der Waals surface area contributed by atoms with E-state index in [0.29, 0.717) is 0 Å². The van der Waals surface area contributed by atoms with E-state index in [0.717, 1.165) is 32.8 Å². The largest absolute Gasteiger partial charge is 0.379 e. The van der Waals surface area contributed by atoms with Gasteiger partial charge in [0.25, 0.3) is 0 Å². The molecule has 1 N–H and O–H groups in total. The van der Waals surface area contributed by atoms with Crippen LogP contribution < -0.4 is 5.32 Å². The summed E-state index contributed by atoms with van der Waals surface area (Å²) in [7, 11) is 0. The summed E-state index contributed by atoms with van der Waals surface area (Å²) in [5.41, 5.74) is 0. The van der Waals surface area contributed by atoms with Crippen LogP contribution in [0.4, 0.5) is 0 Å². The normalized spacial score (nSPS) is 19.0. The smallest absolute Gasteiger partial charge is 0.309 e. The van der Waals surface area contributed by atoms with Gasteiger partial charge in [0, 0.05) is 19.6 Å². The summed E-state index contributed by atoms with van der Waals surface area (Å²) in [5.74, 6) is 0. The van der Waals surface area contributed by atoms with Gasteiger partial charge in [0.15, 0.2) is 0 Å². The molecule has 1 aliphatic rings. The van der Waals surface area contributed by atoms with Crippen LogP contribution >= 0.6 is 0 Å².